The van der Waals surface area contributed by atoms with Crippen molar-refractivity contribution in [3.63, 3.8) is 0 Å². The fourth-order valence-electron chi connectivity index (χ4n) is 5.02. The van der Waals surface area contributed by atoms with Crippen LogP contribution in [0.2, 0.25) is 0 Å². The third-order valence-corrected chi connectivity index (χ3v) is 15.9. The molecule has 0 saturated carbocycles. The number of hydrogen-bond acceptors (Lipinski definition) is 4. The van der Waals surface area contributed by atoms with E-state index in [0.29, 0.717) is 27.7 Å². The van der Waals surface area contributed by atoms with Gasteiger partial charge in [0.15, 0.2) is 0 Å². The summed E-state index contributed by atoms with van der Waals surface area (Å²) in [7, 11) is 27.2. The molecule has 8 heteroatoms. The minimum atomic E-state index is 0.250. The Morgan fingerprint density at radius 2 is 0.476 bits per heavy atom. The summed E-state index contributed by atoms with van der Waals surface area (Å²) in [5.41, 5.74) is 2.81. The molecule has 0 aromatic rings. The number of nitrogens with zero attached hydrogens (tertiary/aromatic N) is 8. The lowest BCUT2D eigenvalue weighted by Crippen LogP contribution is -2.67. The van der Waals surface area contributed by atoms with Crippen LogP contribution in [0.25, 0.3) is 0 Å². The van der Waals surface area contributed by atoms with Gasteiger partial charge in [0.05, 0.1) is 90.7 Å². The monoisotopic (exact) mass is 905 g/mol. The molecular weight excluding hydrogens is 773 g/mol. The predicted octanol–water partition coefficient (Wildman–Crippen LogP) is 12.8. The lowest BCUT2D eigenvalue weighted by molar-refractivity contribution is -1.11. The van der Waals surface area contributed by atoms with Crippen molar-refractivity contribution in [1.29, 1.82) is 0 Å². The molecular formula is C55H132N8+4. The summed E-state index contributed by atoms with van der Waals surface area (Å²) >= 11 is 0. The number of quaternary nitrogens is 4. The van der Waals surface area contributed by atoms with E-state index in [1.54, 1.807) is 0 Å². The molecule has 0 heterocycles. The van der Waals surface area contributed by atoms with Crippen molar-refractivity contribution >= 4 is 0 Å². The molecule has 388 valence electrons. The Morgan fingerprint density at radius 1 is 0.270 bits per heavy atom. The van der Waals surface area contributed by atoms with Crippen LogP contribution in [0.1, 0.15) is 208 Å². The maximum absolute atomic E-state index is 2.41. The minimum absolute atomic E-state index is 0.250. The summed E-state index contributed by atoms with van der Waals surface area (Å²) in [6.07, 6.45) is 0. The van der Waals surface area contributed by atoms with Crippen LogP contribution in [0.3, 0.4) is 0 Å². The third-order valence-electron chi connectivity index (χ3n) is 15.9. The topological polar surface area (TPSA) is 13.0 Å². The van der Waals surface area contributed by atoms with Crippen molar-refractivity contribution in [3.8, 4) is 0 Å². The first-order valence-electron chi connectivity index (χ1n) is 24.5. The molecule has 0 aliphatic heterocycles. The largest absolute Gasteiger partial charge is 0.320 e. The summed E-state index contributed by atoms with van der Waals surface area (Å²) < 4.78 is 4.13. The fraction of sp³-hybridized carbons (Fsp3) is 1.00. The van der Waals surface area contributed by atoms with Crippen LogP contribution in [0.4, 0.5) is 0 Å². The van der Waals surface area contributed by atoms with Crippen molar-refractivity contribution in [3.05, 3.63) is 0 Å². The Bertz CT molecular complexity index is 1160. The van der Waals surface area contributed by atoms with Crippen LogP contribution >= 0.6 is 0 Å². The second-order valence-corrected chi connectivity index (χ2v) is 31.3. The summed E-state index contributed by atoms with van der Waals surface area (Å²) in [6, 6.07) is 0. The highest BCUT2D eigenvalue weighted by molar-refractivity contribution is 4.83. The van der Waals surface area contributed by atoms with Crippen molar-refractivity contribution in [2.45, 2.75) is 263 Å². The van der Waals surface area contributed by atoms with E-state index in [0.717, 1.165) is 37.9 Å². The van der Waals surface area contributed by atoms with E-state index in [1.165, 1.54) is 0 Å². The van der Waals surface area contributed by atoms with Crippen LogP contribution in [0, 0.1) is 0 Å². The molecule has 0 unspecified atom stereocenters. The Labute approximate surface area is 403 Å². The molecule has 0 atom stereocenters. The highest BCUT2D eigenvalue weighted by Crippen LogP contribution is 2.30. The molecule has 0 rings (SSSR count). The Kier molecular flexibility index (Phi) is 26.5. The van der Waals surface area contributed by atoms with Crippen LogP contribution in [-0.4, -0.2) is 197 Å². The smallest absolute Gasteiger partial charge is 0.207 e. The molecule has 0 spiro atoms. The SMILES string of the molecule is CC(C)(C)[N+](C)(C)C(C)(C)C.CC(C)(C)[N+](C)(C)C[N+](C)(C)C(C)(C)C.CN(C(C)(C)C)C(C)(C)C.CN(CN(C)C(C)(C)C)C(C)(C)C.CN(C[N+](C)(C)C(C)(C)C)C(C)(C)C. The molecule has 0 aromatic carbocycles. The summed E-state index contributed by atoms with van der Waals surface area (Å²) in [5.74, 6) is 0. The van der Waals surface area contributed by atoms with Crippen LogP contribution < -0.4 is 0 Å². The molecule has 0 N–H and O–H groups in total. The summed E-state index contributed by atoms with van der Waals surface area (Å²) in [4.78, 5) is 9.51. The predicted molar refractivity (Wildman–Crippen MR) is 292 cm³/mol. The lowest BCUT2D eigenvalue weighted by Gasteiger charge is -2.51. The highest BCUT2D eigenvalue weighted by Gasteiger charge is 2.43. The second kappa shape index (κ2) is 23.3. The Morgan fingerprint density at radius 3 is 0.587 bits per heavy atom. The lowest BCUT2D eigenvalue weighted by atomic mass is 9.93. The van der Waals surface area contributed by atoms with Crippen LogP contribution in [0.15, 0.2) is 0 Å². The van der Waals surface area contributed by atoms with Crippen LogP contribution in [-0.2, 0) is 0 Å². The number of rotatable bonds is 6. The fourth-order valence-corrected chi connectivity index (χ4v) is 5.02. The third kappa shape index (κ3) is 27.3. The van der Waals surface area contributed by atoms with Gasteiger partial charge in [0.2, 0.25) is 6.67 Å². The quantitative estimate of drug-likeness (QED) is 0.194. The van der Waals surface area contributed by atoms with E-state index in [-0.39, 0.29) is 27.7 Å². The Balaban J connectivity index is -0.000000224. The average molecular weight is 906 g/mol. The van der Waals surface area contributed by atoms with Crippen molar-refractivity contribution in [1.82, 2.24) is 19.6 Å². The van der Waals surface area contributed by atoms with Crippen molar-refractivity contribution in [2.75, 3.05) is 105 Å². The molecule has 0 amide bonds. The minimum Gasteiger partial charge on any atom is -0.320 e. The molecule has 0 fully saturated rings. The van der Waals surface area contributed by atoms with Crippen molar-refractivity contribution < 1.29 is 17.9 Å². The summed E-state index contributed by atoms with van der Waals surface area (Å²) in [5, 5.41) is 0. The molecule has 0 bridgehead atoms. The van der Waals surface area contributed by atoms with E-state index in [1.807, 2.05) is 0 Å². The number of hydrogen-bond donors (Lipinski definition) is 0. The van der Waals surface area contributed by atoms with E-state index < -0.39 is 0 Å². The molecule has 0 aromatic heterocycles. The highest BCUT2D eigenvalue weighted by atomic mass is 15.5. The maximum atomic E-state index is 2.41. The van der Waals surface area contributed by atoms with Gasteiger partial charge < -0.3 is 8.97 Å². The van der Waals surface area contributed by atoms with Gasteiger partial charge in [-0.1, -0.05) is 0 Å². The first-order valence-corrected chi connectivity index (χ1v) is 24.5. The van der Waals surface area contributed by atoms with E-state index in [2.05, 4.69) is 312 Å². The van der Waals surface area contributed by atoms with Gasteiger partial charge in [-0.2, -0.15) is 0 Å². The molecule has 0 saturated heterocycles. The van der Waals surface area contributed by atoms with Crippen LogP contribution in [0.5, 0.6) is 0 Å². The summed E-state index contributed by atoms with van der Waals surface area (Å²) in [6.45, 7) is 71.4. The van der Waals surface area contributed by atoms with Gasteiger partial charge >= 0.3 is 0 Å². The maximum Gasteiger partial charge on any atom is 0.207 e. The molecule has 0 radical (unpaired) electrons. The molecule has 63 heavy (non-hydrogen) atoms. The average Bonchev–Trinajstić information content (AvgIpc) is 2.92. The molecule has 0 aliphatic rings. The second-order valence-electron chi connectivity index (χ2n) is 31.3. The Hall–Kier alpha value is -0.320. The van der Waals surface area contributed by atoms with Gasteiger partial charge in [0, 0.05) is 27.7 Å². The molecule has 8 nitrogen and oxygen atoms in total. The van der Waals surface area contributed by atoms with Gasteiger partial charge in [-0.3, -0.25) is 28.6 Å². The first kappa shape index (κ1) is 71.7. The first-order chi connectivity index (χ1) is 26.3. The zero-order valence-electron chi connectivity index (χ0n) is 52.7. The van der Waals surface area contributed by atoms with Gasteiger partial charge in [-0.25, -0.2) is 0 Å². The van der Waals surface area contributed by atoms with E-state index in [4.69, 9.17) is 0 Å². The zero-order valence-corrected chi connectivity index (χ0v) is 52.7. The normalized spacial score (nSPS) is 15.0. The molecule has 0 aliphatic carbocycles. The van der Waals surface area contributed by atoms with Gasteiger partial charge in [-0.05, 0) is 236 Å². The zero-order chi connectivity index (χ0) is 53.4. The van der Waals surface area contributed by atoms with E-state index in [9.17, 15) is 0 Å². The van der Waals surface area contributed by atoms with Gasteiger partial charge in [0.1, 0.15) is 6.67 Å². The standard InChI is InChI=1S/C13H32N2.C12H29N2.C11H26N2.C10H24N.C9H21N/c1-12(2,3)14(7,8)11-15(9,10)13(4,5)6;1-11(2,3)13(7)10-14(8,9)12(4,5)6;1-10(2,3)12(7)9-13(8)11(4,5)6;1-9(2,3)11(7,8)10(4,5)6;1-8(2,3)10(7)9(4,5)6/h11H2,1-10H3;10H2,1-9H3;9H2,1-8H3;1-8H3;1-7H3/q+2;+1;;+1;. The van der Waals surface area contributed by atoms with E-state index >= 15 is 0 Å². The van der Waals surface area contributed by atoms with Crippen molar-refractivity contribution in [2.24, 2.45) is 0 Å². The van der Waals surface area contributed by atoms with Gasteiger partial charge in [-0.15, -0.1) is 0 Å². The van der Waals surface area contributed by atoms with Gasteiger partial charge in [0.25, 0.3) is 0 Å².